The van der Waals surface area contributed by atoms with Crippen molar-refractivity contribution in [2.75, 3.05) is 0 Å². The van der Waals surface area contributed by atoms with Crippen LogP contribution >= 0.6 is 11.6 Å². The Kier molecular flexibility index (Phi) is 4.42. The van der Waals surface area contributed by atoms with Gasteiger partial charge in [-0.05, 0) is 17.7 Å². The fourth-order valence-corrected chi connectivity index (χ4v) is 2.24. The molecule has 0 aliphatic heterocycles. The Labute approximate surface area is 128 Å². The van der Waals surface area contributed by atoms with Crippen molar-refractivity contribution >= 4 is 17.4 Å². The molecule has 0 aliphatic rings. The molecule has 0 aliphatic carbocycles. The van der Waals surface area contributed by atoms with E-state index in [1.54, 1.807) is 12.1 Å². The smallest absolute Gasteiger partial charge is 0.163 e. The van der Waals surface area contributed by atoms with E-state index >= 15 is 0 Å². The van der Waals surface area contributed by atoms with E-state index in [0.29, 0.717) is 10.6 Å². The SMILES string of the molecule is CC(C)(C)C(=O)C(Cc1ccc(Cl)cc1F)n1cncn1. The Hall–Kier alpha value is -1.75. The van der Waals surface area contributed by atoms with Gasteiger partial charge >= 0.3 is 0 Å². The van der Waals surface area contributed by atoms with Gasteiger partial charge < -0.3 is 0 Å². The number of halogens is 2. The molecule has 0 saturated heterocycles. The molecule has 1 atom stereocenters. The first-order valence-corrected chi connectivity index (χ1v) is 6.99. The Balaban J connectivity index is 2.35. The molecule has 1 aromatic carbocycles. The lowest BCUT2D eigenvalue weighted by atomic mass is 9.84. The predicted molar refractivity (Wildman–Crippen MR) is 78.6 cm³/mol. The quantitative estimate of drug-likeness (QED) is 0.869. The molecule has 4 nitrogen and oxygen atoms in total. The van der Waals surface area contributed by atoms with Gasteiger partial charge in [0.05, 0.1) is 0 Å². The second-order valence-corrected chi connectivity index (χ2v) is 6.38. The van der Waals surface area contributed by atoms with Crippen LogP contribution in [0.5, 0.6) is 0 Å². The number of carbonyl (C=O) groups excluding carboxylic acids is 1. The van der Waals surface area contributed by atoms with E-state index in [9.17, 15) is 9.18 Å². The van der Waals surface area contributed by atoms with Crippen LogP contribution in [0.1, 0.15) is 32.4 Å². The first-order chi connectivity index (χ1) is 9.79. The Morgan fingerprint density at radius 1 is 1.43 bits per heavy atom. The van der Waals surface area contributed by atoms with Gasteiger partial charge in [-0.15, -0.1) is 0 Å². The number of nitrogens with zero attached hydrogens (tertiary/aromatic N) is 3. The van der Waals surface area contributed by atoms with Gasteiger partial charge in [-0.3, -0.25) is 4.79 Å². The molecule has 1 unspecified atom stereocenters. The van der Waals surface area contributed by atoms with E-state index in [4.69, 9.17) is 11.6 Å². The summed E-state index contributed by atoms with van der Waals surface area (Å²) in [5, 5.41) is 4.36. The highest BCUT2D eigenvalue weighted by molar-refractivity contribution is 6.30. The van der Waals surface area contributed by atoms with Crippen LogP contribution in [-0.4, -0.2) is 20.5 Å². The van der Waals surface area contributed by atoms with E-state index < -0.39 is 17.3 Å². The van der Waals surface area contributed by atoms with Crippen molar-refractivity contribution in [2.24, 2.45) is 5.41 Å². The lowest BCUT2D eigenvalue weighted by Crippen LogP contribution is -2.32. The van der Waals surface area contributed by atoms with Crippen LogP contribution in [0.4, 0.5) is 4.39 Å². The monoisotopic (exact) mass is 309 g/mol. The summed E-state index contributed by atoms with van der Waals surface area (Å²) < 4.78 is 15.4. The summed E-state index contributed by atoms with van der Waals surface area (Å²) in [6.07, 6.45) is 3.05. The number of ketones is 1. The third-order valence-electron chi connectivity index (χ3n) is 3.23. The molecule has 1 heterocycles. The molecular weight excluding hydrogens is 293 g/mol. The minimum absolute atomic E-state index is 0.0256. The first-order valence-electron chi connectivity index (χ1n) is 6.61. The largest absolute Gasteiger partial charge is 0.297 e. The molecule has 21 heavy (non-hydrogen) atoms. The van der Waals surface area contributed by atoms with E-state index in [1.165, 1.54) is 23.4 Å². The van der Waals surface area contributed by atoms with Crippen LogP contribution < -0.4 is 0 Å². The van der Waals surface area contributed by atoms with Gasteiger partial charge in [0.25, 0.3) is 0 Å². The Morgan fingerprint density at radius 3 is 2.67 bits per heavy atom. The van der Waals surface area contributed by atoms with Gasteiger partial charge in [0.2, 0.25) is 0 Å². The molecule has 0 amide bonds. The zero-order chi connectivity index (χ0) is 15.6. The molecule has 0 bridgehead atoms. The number of hydrogen-bond acceptors (Lipinski definition) is 3. The van der Waals surface area contributed by atoms with Gasteiger partial charge in [-0.1, -0.05) is 38.4 Å². The highest BCUT2D eigenvalue weighted by Gasteiger charge is 2.32. The average Bonchev–Trinajstić information content (AvgIpc) is 2.90. The average molecular weight is 310 g/mol. The van der Waals surface area contributed by atoms with Crippen LogP contribution in [0.3, 0.4) is 0 Å². The molecule has 0 radical (unpaired) electrons. The summed E-state index contributed by atoms with van der Waals surface area (Å²) >= 11 is 5.75. The molecule has 2 rings (SSSR count). The summed E-state index contributed by atoms with van der Waals surface area (Å²) in [5.74, 6) is -0.448. The third kappa shape index (κ3) is 3.67. The molecule has 1 aromatic heterocycles. The summed E-state index contributed by atoms with van der Waals surface area (Å²) in [6, 6.07) is 3.86. The molecule has 6 heteroatoms. The van der Waals surface area contributed by atoms with E-state index in [1.807, 2.05) is 20.8 Å². The van der Waals surface area contributed by atoms with Crippen molar-refractivity contribution in [3.05, 3.63) is 47.3 Å². The van der Waals surface area contributed by atoms with E-state index in [2.05, 4.69) is 10.1 Å². The van der Waals surface area contributed by atoms with Gasteiger partial charge in [0, 0.05) is 16.9 Å². The number of benzene rings is 1. The summed E-state index contributed by atoms with van der Waals surface area (Å²) in [4.78, 5) is 16.5. The fraction of sp³-hybridized carbons (Fsp3) is 0.400. The molecule has 0 spiro atoms. The standard InChI is InChI=1S/C15H17ClFN3O/c1-15(2,3)14(21)13(20-9-18-8-19-20)6-10-4-5-11(16)7-12(10)17/h4-5,7-9,13H,6H2,1-3H3. The summed E-state index contributed by atoms with van der Waals surface area (Å²) in [7, 11) is 0. The first kappa shape index (κ1) is 15.6. The van der Waals surface area contributed by atoms with Crippen molar-refractivity contribution in [1.29, 1.82) is 0 Å². The minimum Gasteiger partial charge on any atom is -0.297 e. The molecule has 2 aromatic rings. The maximum absolute atomic E-state index is 14.0. The zero-order valence-electron chi connectivity index (χ0n) is 12.2. The Morgan fingerprint density at radius 2 is 2.14 bits per heavy atom. The number of hydrogen-bond donors (Lipinski definition) is 0. The fourth-order valence-electron chi connectivity index (χ4n) is 2.08. The highest BCUT2D eigenvalue weighted by atomic mass is 35.5. The molecule has 0 saturated carbocycles. The Bertz CT molecular complexity index is 635. The van der Waals surface area contributed by atoms with Crippen molar-refractivity contribution in [3.63, 3.8) is 0 Å². The molecule has 0 N–H and O–H groups in total. The normalized spacial score (nSPS) is 13.2. The highest BCUT2D eigenvalue weighted by Crippen LogP contribution is 2.27. The van der Waals surface area contributed by atoms with Gasteiger partial charge in [0.15, 0.2) is 5.78 Å². The topological polar surface area (TPSA) is 47.8 Å². The van der Waals surface area contributed by atoms with Crippen molar-refractivity contribution in [2.45, 2.75) is 33.2 Å². The number of Topliss-reactive ketones (excluding diaryl/α,β-unsaturated/α-hetero) is 1. The number of rotatable bonds is 4. The van der Waals surface area contributed by atoms with Crippen molar-refractivity contribution < 1.29 is 9.18 Å². The molecule has 0 fully saturated rings. The summed E-state index contributed by atoms with van der Waals surface area (Å²) in [5.41, 5.74) is -0.128. The van der Waals surface area contributed by atoms with Crippen LogP contribution in [0, 0.1) is 11.2 Å². The second-order valence-electron chi connectivity index (χ2n) is 5.95. The van der Waals surface area contributed by atoms with Crippen LogP contribution in [-0.2, 0) is 11.2 Å². The van der Waals surface area contributed by atoms with Crippen molar-refractivity contribution in [1.82, 2.24) is 14.8 Å². The van der Waals surface area contributed by atoms with Gasteiger partial charge in [0.1, 0.15) is 24.5 Å². The maximum Gasteiger partial charge on any atom is 0.163 e. The maximum atomic E-state index is 14.0. The lowest BCUT2D eigenvalue weighted by molar-refractivity contribution is -0.130. The van der Waals surface area contributed by atoms with Crippen LogP contribution in [0.2, 0.25) is 5.02 Å². The minimum atomic E-state index is -0.594. The molecule has 112 valence electrons. The number of aromatic nitrogens is 3. The van der Waals surface area contributed by atoms with E-state index in [0.717, 1.165) is 0 Å². The predicted octanol–water partition coefficient (Wildman–Crippen LogP) is 3.47. The molecular formula is C15H17ClFN3O. The number of carbonyl (C=O) groups is 1. The van der Waals surface area contributed by atoms with Crippen LogP contribution in [0.15, 0.2) is 30.9 Å². The summed E-state index contributed by atoms with van der Waals surface area (Å²) in [6.45, 7) is 5.49. The van der Waals surface area contributed by atoms with Gasteiger partial charge in [-0.25, -0.2) is 14.1 Å². The second kappa shape index (κ2) is 5.93. The van der Waals surface area contributed by atoms with Crippen LogP contribution in [0.25, 0.3) is 0 Å². The zero-order valence-corrected chi connectivity index (χ0v) is 12.9. The van der Waals surface area contributed by atoms with Gasteiger partial charge in [-0.2, -0.15) is 5.10 Å². The third-order valence-corrected chi connectivity index (χ3v) is 3.46. The van der Waals surface area contributed by atoms with E-state index in [-0.39, 0.29) is 12.2 Å². The lowest BCUT2D eigenvalue weighted by Gasteiger charge is -2.24. The van der Waals surface area contributed by atoms with Crippen molar-refractivity contribution in [3.8, 4) is 0 Å².